The summed E-state index contributed by atoms with van der Waals surface area (Å²) in [6.45, 7) is 5.61. The Bertz CT molecular complexity index is 378. The van der Waals surface area contributed by atoms with E-state index in [4.69, 9.17) is 5.73 Å². The van der Waals surface area contributed by atoms with Gasteiger partial charge in [0.2, 0.25) is 5.91 Å². The molecule has 0 saturated heterocycles. The van der Waals surface area contributed by atoms with Crippen molar-refractivity contribution in [1.82, 2.24) is 14.9 Å². The standard InChI is InChI=1S/C11H19N5O/c1-4-16(5-2)10(17)7-15(3)11-9(12)6-13-8-14-11/h6,8H,4-5,7,12H2,1-3H3. The van der Waals surface area contributed by atoms with Crippen molar-refractivity contribution >= 4 is 17.4 Å². The first-order valence-corrected chi connectivity index (χ1v) is 5.64. The number of nitrogens with two attached hydrogens (primary N) is 1. The lowest BCUT2D eigenvalue weighted by atomic mass is 10.4. The van der Waals surface area contributed by atoms with Crippen LogP contribution in [0.15, 0.2) is 12.5 Å². The van der Waals surface area contributed by atoms with Crippen LogP contribution in [0.4, 0.5) is 11.5 Å². The van der Waals surface area contributed by atoms with Crippen LogP contribution >= 0.6 is 0 Å². The predicted octanol–water partition coefficient (Wildman–Crippen LogP) is 0.363. The van der Waals surface area contributed by atoms with Gasteiger partial charge in [0.25, 0.3) is 0 Å². The van der Waals surface area contributed by atoms with Gasteiger partial charge in [0.1, 0.15) is 6.33 Å². The first-order chi connectivity index (χ1) is 8.10. The molecule has 2 N–H and O–H groups in total. The van der Waals surface area contributed by atoms with Crippen molar-refractivity contribution in [3.8, 4) is 0 Å². The number of amides is 1. The molecule has 0 aliphatic rings. The first-order valence-electron chi connectivity index (χ1n) is 5.64. The van der Waals surface area contributed by atoms with Crippen LogP contribution in [0.5, 0.6) is 0 Å². The fourth-order valence-corrected chi connectivity index (χ4v) is 1.61. The molecule has 0 fully saturated rings. The van der Waals surface area contributed by atoms with Gasteiger partial charge in [0.15, 0.2) is 5.82 Å². The summed E-state index contributed by atoms with van der Waals surface area (Å²) >= 11 is 0. The molecule has 0 aliphatic carbocycles. The second-order valence-corrected chi connectivity index (χ2v) is 3.72. The maximum atomic E-state index is 11.9. The van der Waals surface area contributed by atoms with Crippen LogP contribution in [0.3, 0.4) is 0 Å². The van der Waals surface area contributed by atoms with Crippen molar-refractivity contribution in [2.75, 3.05) is 37.3 Å². The fraction of sp³-hybridized carbons (Fsp3) is 0.545. The van der Waals surface area contributed by atoms with E-state index in [1.165, 1.54) is 12.5 Å². The van der Waals surface area contributed by atoms with Crippen LogP contribution in [0.1, 0.15) is 13.8 Å². The third-order valence-electron chi connectivity index (χ3n) is 2.57. The summed E-state index contributed by atoms with van der Waals surface area (Å²) in [4.78, 5) is 23.3. The molecule has 0 aliphatic heterocycles. The van der Waals surface area contributed by atoms with Gasteiger partial charge in [-0.15, -0.1) is 0 Å². The molecule has 0 unspecified atom stereocenters. The van der Waals surface area contributed by atoms with Crippen molar-refractivity contribution in [3.63, 3.8) is 0 Å². The van der Waals surface area contributed by atoms with Gasteiger partial charge in [-0.2, -0.15) is 0 Å². The van der Waals surface area contributed by atoms with Gasteiger partial charge in [-0.1, -0.05) is 0 Å². The minimum Gasteiger partial charge on any atom is -0.394 e. The average Bonchev–Trinajstić information content (AvgIpc) is 2.31. The smallest absolute Gasteiger partial charge is 0.242 e. The summed E-state index contributed by atoms with van der Waals surface area (Å²) in [5, 5.41) is 0. The summed E-state index contributed by atoms with van der Waals surface area (Å²) in [5.74, 6) is 0.649. The molecule has 6 nitrogen and oxygen atoms in total. The van der Waals surface area contributed by atoms with E-state index in [1.807, 2.05) is 13.8 Å². The molecule has 0 atom stereocenters. The van der Waals surface area contributed by atoms with Gasteiger partial charge in [-0.05, 0) is 13.8 Å². The maximum absolute atomic E-state index is 11.9. The molecule has 0 radical (unpaired) electrons. The van der Waals surface area contributed by atoms with Crippen molar-refractivity contribution in [2.45, 2.75) is 13.8 Å². The lowest BCUT2D eigenvalue weighted by Gasteiger charge is -2.24. The highest BCUT2D eigenvalue weighted by Crippen LogP contribution is 2.15. The molecular formula is C11H19N5O. The Kier molecular flexibility index (Phi) is 4.68. The number of likely N-dealkylation sites (N-methyl/N-ethyl adjacent to an activating group) is 2. The molecule has 0 bridgehead atoms. The van der Waals surface area contributed by atoms with E-state index in [-0.39, 0.29) is 12.5 Å². The molecule has 1 aromatic heterocycles. The van der Waals surface area contributed by atoms with E-state index in [9.17, 15) is 4.79 Å². The topological polar surface area (TPSA) is 75.4 Å². The lowest BCUT2D eigenvalue weighted by Crippen LogP contribution is -2.39. The minimum absolute atomic E-state index is 0.0653. The Morgan fingerprint density at radius 2 is 2.06 bits per heavy atom. The molecule has 17 heavy (non-hydrogen) atoms. The van der Waals surface area contributed by atoms with E-state index >= 15 is 0 Å². The Balaban J connectivity index is 2.70. The lowest BCUT2D eigenvalue weighted by molar-refractivity contribution is -0.129. The molecule has 0 spiro atoms. The van der Waals surface area contributed by atoms with Crippen molar-refractivity contribution in [1.29, 1.82) is 0 Å². The van der Waals surface area contributed by atoms with E-state index in [0.717, 1.165) is 0 Å². The maximum Gasteiger partial charge on any atom is 0.242 e. The molecule has 0 saturated carbocycles. The zero-order valence-electron chi connectivity index (χ0n) is 10.6. The number of nitrogens with zero attached hydrogens (tertiary/aromatic N) is 4. The van der Waals surface area contributed by atoms with Gasteiger partial charge in [-0.25, -0.2) is 9.97 Å². The third kappa shape index (κ3) is 3.30. The number of aromatic nitrogens is 2. The van der Waals surface area contributed by atoms with E-state index in [2.05, 4.69) is 9.97 Å². The highest BCUT2D eigenvalue weighted by Gasteiger charge is 2.14. The zero-order chi connectivity index (χ0) is 12.8. The Labute approximate surface area is 101 Å². The molecule has 1 rings (SSSR count). The molecule has 1 amide bonds. The summed E-state index contributed by atoms with van der Waals surface area (Å²) in [7, 11) is 1.79. The average molecular weight is 237 g/mol. The SMILES string of the molecule is CCN(CC)C(=O)CN(C)c1ncncc1N. The molecule has 6 heteroatoms. The van der Waals surface area contributed by atoms with Crippen LogP contribution < -0.4 is 10.6 Å². The molecule has 1 heterocycles. The Hall–Kier alpha value is -1.85. The number of nitrogen functional groups attached to an aromatic ring is 1. The van der Waals surface area contributed by atoms with E-state index in [0.29, 0.717) is 24.6 Å². The van der Waals surface area contributed by atoms with Crippen molar-refractivity contribution < 1.29 is 4.79 Å². The van der Waals surface area contributed by atoms with Crippen LogP contribution in [-0.2, 0) is 4.79 Å². The number of anilines is 2. The molecule has 1 aromatic rings. The van der Waals surface area contributed by atoms with Crippen LogP contribution in [-0.4, -0.2) is 47.5 Å². The van der Waals surface area contributed by atoms with Crippen LogP contribution in [0.2, 0.25) is 0 Å². The molecular weight excluding hydrogens is 218 g/mol. The second kappa shape index (κ2) is 6.03. The largest absolute Gasteiger partial charge is 0.394 e. The molecule has 0 aromatic carbocycles. The number of rotatable bonds is 5. The predicted molar refractivity (Wildman–Crippen MR) is 67.6 cm³/mol. The van der Waals surface area contributed by atoms with Crippen LogP contribution in [0, 0.1) is 0 Å². The van der Waals surface area contributed by atoms with Gasteiger partial charge in [0.05, 0.1) is 18.4 Å². The summed E-state index contributed by atoms with van der Waals surface area (Å²) in [6, 6.07) is 0. The number of hydrogen-bond donors (Lipinski definition) is 1. The van der Waals surface area contributed by atoms with Gasteiger partial charge < -0.3 is 15.5 Å². The minimum atomic E-state index is 0.0653. The highest BCUT2D eigenvalue weighted by molar-refractivity contribution is 5.82. The number of hydrogen-bond acceptors (Lipinski definition) is 5. The van der Waals surface area contributed by atoms with Crippen molar-refractivity contribution in [3.05, 3.63) is 12.5 Å². The number of carbonyl (C=O) groups excluding carboxylic acids is 1. The van der Waals surface area contributed by atoms with Gasteiger partial charge in [-0.3, -0.25) is 4.79 Å². The monoisotopic (exact) mass is 237 g/mol. The normalized spacial score (nSPS) is 10.1. The Morgan fingerprint density at radius 1 is 1.41 bits per heavy atom. The number of carbonyl (C=O) groups is 1. The van der Waals surface area contributed by atoms with Gasteiger partial charge >= 0.3 is 0 Å². The summed E-state index contributed by atoms with van der Waals surface area (Å²) in [6.07, 6.45) is 2.95. The first kappa shape index (κ1) is 13.2. The van der Waals surface area contributed by atoms with E-state index < -0.39 is 0 Å². The Morgan fingerprint density at radius 3 is 2.59 bits per heavy atom. The summed E-state index contributed by atoms with van der Waals surface area (Å²) in [5.41, 5.74) is 6.22. The van der Waals surface area contributed by atoms with Crippen molar-refractivity contribution in [2.24, 2.45) is 0 Å². The summed E-state index contributed by atoms with van der Waals surface area (Å²) < 4.78 is 0. The van der Waals surface area contributed by atoms with Gasteiger partial charge in [0, 0.05) is 20.1 Å². The van der Waals surface area contributed by atoms with Crippen LogP contribution in [0.25, 0.3) is 0 Å². The highest BCUT2D eigenvalue weighted by atomic mass is 16.2. The third-order valence-corrected chi connectivity index (χ3v) is 2.57. The van der Waals surface area contributed by atoms with E-state index in [1.54, 1.807) is 16.8 Å². The zero-order valence-corrected chi connectivity index (χ0v) is 10.6. The molecule has 94 valence electrons. The quantitative estimate of drug-likeness (QED) is 0.800. The fourth-order valence-electron chi connectivity index (χ4n) is 1.61. The second-order valence-electron chi connectivity index (χ2n) is 3.72.